The van der Waals surface area contributed by atoms with Gasteiger partial charge in [-0.15, -0.1) is 0 Å². The van der Waals surface area contributed by atoms with Crippen molar-refractivity contribution >= 4 is 12.0 Å². The molecule has 92 valence electrons. The summed E-state index contributed by atoms with van der Waals surface area (Å²) in [6.07, 6.45) is 0.171. The van der Waals surface area contributed by atoms with E-state index in [0.717, 1.165) is 0 Å². The second kappa shape index (κ2) is 5.16. The zero-order chi connectivity index (χ0) is 12.3. The zero-order valence-electron chi connectivity index (χ0n) is 9.84. The third-order valence-electron chi connectivity index (χ3n) is 2.93. The van der Waals surface area contributed by atoms with E-state index in [1.165, 1.54) is 16.9 Å². The maximum atomic E-state index is 11.9. The molecule has 1 aliphatic heterocycles. The van der Waals surface area contributed by atoms with E-state index in [1.807, 2.05) is 6.92 Å². The van der Waals surface area contributed by atoms with Gasteiger partial charge < -0.3 is 19.6 Å². The van der Waals surface area contributed by atoms with Crippen LogP contribution in [0.4, 0.5) is 4.79 Å². The second-order valence-corrected chi connectivity index (χ2v) is 3.90. The molecule has 0 aromatic carbocycles. The summed E-state index contributed by atoms with van der Waals surface area (Å²) in [6, 6.07) is -1.03. The highest BCUT2D eigenvalue weighted by atomic mass is 16.5. The quantitative estimate of drug-likeness (QED) is 0.753. The van der Waals surface area contributed by atoms with Crippen molar-refractivity contribution < 1.29 is 19.4 Å². The molecule has 16 heavy (non-hydrogen) atoms. The molecule has 1 saturated heterocycles. The number of hydrogen-bond donors (Lipinski definition) is 1. The second-order valence-electron chi connectivity index (χ2n) is 3.90. The van der Waals surface area contributed by atoms with E-state index in [9.17, 15) is 9.59 Å². The standard InChI is InChI=1S/C10H18N2O4/c1-4-11(2)10(15)12-6-7(16-3)5-8(12)9(13)14/h7-8H,4-6H2,1-3H3,(H,13,14). The first-order valence-electron chi connectivity index (χ1n) is 5.28. The Morgan fingerprint density at radius 3 is 2.62 bits per heavy atom. The highest BCUT2D eigenvalue weighted by Gasteiger charge is 2.40. The summed E-state index contributed by atoms with van der Waals surface area (Å²) in [7, 11) is 3.18. The van der Waals surface area contributed by atoms with Gasteiger partial charge in [0.1, 0.15) is 6.04 Å². The Hall–Kier alpha value is -1.30. The number of carboxylic acids is 1. The van der Waals surface area contributed by atoms with Gasteiger partial charge in [0.2, 0.25) is 0 Å². The smallest absolute Gasteiger partial charge is 0.326 e. The molecule has 0 radical (unpaired) electrons. The number of rotatable bonds is 3. The Morgan fingerprint density at radius 2 is 2.19 bits per heavy atom. The maximum Gasteiger partial charge on any atom is 0.326 e. The van der Waals surface area contributed by atoms with Gasteiger partial charge in [0.05, 0.1) is 6.10 Å². The fourth-order valence-corrected chi connectivity index (χ4v) is 1.77. The van der Waals surface area contributed by atoms with Crippen molar-refractivity contribution in [2.45, 2.75) is 25.5 Å². The van der Waals surface area contributed by atoms with Crippen molar-refractivity contribution in [3.63, 3.8) is 0 Å². The first-order valence-corrected chi connectivity index (χ1v) is 5.28. The summed E-state index contributed by atoms with van der Waals surface area (Å²) < 4.78 is 5.11. The van der Waals surface area contributed by atoms with Crippen LogP contribution in [0.2, 0.25) is 0 Å². The van der Waals surface area contributed by atoms with Gasteiger partial charge in [0.15, 0.2) is 0 Å². The van der Waals surface area contributed by atoms with E-state index in [1.54, 1.807) is 7.05 Å². The number of urea groups is 1. The monoisotopic (exact) mass is 230 g/mol. The van der Waals surface area contributed by atoms with Crippen molar-refractivity contribution in [2.24, 2.45) is 0 Å². The predicted molar refractivity (Wildman–Crippen MR) is 57.2 cm³/mol. The Balaban J connectivity index is 2.76. The van der Waals surface area contributed by atoms with Gasteiger partial charge in [0.25, 0.3) is 0 Å². The molecule has 0 aliphatic carbocycles. The fourth-order valence-electron chi connectivity index (χ4n) is 1.77. The summed E-state index contributed by atoms with van der Waals surface area (Å²) in [5.74, 6) is -0.975. The molecule has 1 heterocycles. The molecule has 1 aliphatic rings. The van der Waals surface area contributed by atoms with Gasteiger partial charge in [-0.2, -0.15) is 0 Å². The van der Waals surface area contributed by atoms with Crippen LogP contribution in [0.25, 0.3) is 0 Å². The van der Waals surface area contributed by atoms with Crippen LogP contribution in [0, 0.1) is 0 Å². The van der Waals surface area contributed by atoms with E-state index >= 15 is 0 Å². The van der Waals surface area contributed by atoms with Crippen molar-refractivity contribution in [1.29, 1.82) is 0 Å². The molecule has 2 atom stereocenters. The van der Waals surface area contributed by atoms with E-state index in [4.69, 9.17) is 9.84 Å². The van der Waals surface area contributed by atoms with Crippen LogP contribution in [0.3, 0.4) is 0 Å². The summed E-state index contributed by atoms with van der Waals surface area (Å²) in [4.78, 5) is 25.8. The molecule has 6 heteroatoms. The predicted octanol–water partition coefficient (Wildman–Crippen LogP) is 0.232. The van der Waals surface area contributed by atoms with Gasteiger partial charge in [-0.25, -0.2) is 9.59 Å². The van der Waals surface area contributed by atoms with Crippen LogP contribution in [-0.4, -0.2) is 66.3 Å². The molecular formula is C10H18N2O4. The lowest BCUT2D eigenvalue weighted by atomic mass is 10.2. The number of amides is 2. The fraction of sp³-hybridized carbons (Fsp3) is 0.800. The highest BCUT2D eigenvalue weighted by molar-refractivity contribution is 5.83. The Bertz CT molecular complexity index is 282. The molecule has 2 unspecified atom stereocenters. The van der Waals surface area contributed by atoms with Crippen molar-refractivity contribution in [3.05, 3.63) is 0 Å². The summed E-state index contributed by atoms with van der Waals surface area (Å²) >= 11 is 0. The minimum atomic E-state index is -0.975. The van der Waals surface area contributed by atoms with Crippen LogP contribution in [0.5, 0.6) is 0 Å². The Morgan fingerprint density at radius 1 is 1.56 bits per heavy atom. The molecule has 6 nitrogen and oxygen atoms in total. The molecule has 2 amide bonds. The van der Waals surface area contributed by atoms with E-state index < -0.39 is 12.0 Å². The van der Waals surface area contributed by atoms with E-state index in [-0.39, 0.29) is 12.1 Å². The summed E-state index contributed by atoms with van der Waals surface area (Å²) in [6.45, 7) is 2.74. The number of aliphatic carboxylic acids is 1. The first-order chi connectivity index (χ1) is 7.51. The highest BCUT2D eigenvalue weighted by Crippen LogP contribution is 2.21. The number of hydrogen-bond acceptors (Lipinski definition) is 3. The van der Waals surface area contributed by atoms with Crippen LogP contribution in [0.15, 0.2) is 0 Å². The number of carbonyl (C=O) groups excluding carboxylic acids is 1. The first kappa shape index (κ1) is 12.8. The normalized spacial score (nSPS) is 24.6. The molecular weight excluding hydrogens is 212 g/mol. The average molecular weight is 230 g/mol. The summed E-state index contributed by atoms with van der Waals surface area (Å²) in [5.41, 5.74) is 0. The number of methoxy groups -OCH3 is 1. The Labute approximate surface area is 94.8 Å². The van der Waals surface area contributed by atoms with Gasteiger partial charge in [-0.05, 0) is 6.92 Å². The van der Waals surface area contributed by atoms with Crippen LogP contribution >= 0.6 is 0 Å². The average Bonchev–Trinajstić information content (AvgIpc) is 2.71. The third kappa shape index (κ3) is 2.44. The number of carboxylic acid groups (broad SMARTS) is 1. The minimum Gasteiger partial charge on any atom is -0.480 e. The molecule has 1 fully saturated rings. The van der Waals surface area contributed by atoms with Crippen LogP contribution in [-0.2, 0) is 9.53 Å². The molecule has 0 saturated carbocycles. The Kier molecular flexibility index (Phi) is 4.12. The van der Waals surface area contributed by atoms with Crippen molar-refractivity contribution in [2.75, 3.05) is 27.2 Å². The molecule has 0 aromatic rings. The zero-order valence-corrected chi connectivity index (χ0v) is 9.84. The van der Waals surface area contributed by atoms with Crippen molar-refractivity contribution in [3.8, 4) is 0 Å². The molecule has 0 spiro atoms. The number of nitrogens with zero attached hydrogens (tertiary/aromatic N) is 2. The molecule has 0 bridgehead atoms. The SMILES string of the molecule is CCN(C)C(=O)N1CC(OC)CC1C(=O)O. The molecule has 0 aromatic heterocycles. The summed E-state index contributed by atoms with van der Waals surface area (Å²) in [5, 5.41) is 9.03. The van der Waals surface area contributed by atoms with Gasteiger partial charge in [0, 0.05) is 33.7 Å². The molecule has 1 N–H and O–H groups in total. The van der Waals surface area contributed by atoms with Gasteiger partial charge >= 0.3 is 12.0 Å². The largest absolute Gasteiger partial charge is 0.480 e. The number of carbonyl (C=O) groups is 2. The lowest BCUT2D eigenvalue weighted by molar-refractivity contribution is -0.141. The number of likely N-dealkylation sites (tertiary alicyclic amines) is 1. The lowest BCUT2D eigenvalue weighted by Gasteiger charge is -2.26. The lowest BCUT2D eigenvalue weighted by Crippen LogP contribution is -2.46. The van der Waals surface area contributed by atoms with Crippen LogP contribution in [0.1, 0.15) is 13.3 Å². The minimum absolute atomic E-state index is 0.185. The maximum absolute atomic E-state index is 11.9. The van der Waals surface area contributed by atoms with Crippen molar-refractivity contribution in [1.82, 2.24) is 9.80 Å². The number of ether oxygens (including phenoxy) is 1. The van der Waals surface area contributed by atoms with E-state index in [2.05, 4.69) is 0 Å². The van der Waals surface area contributed by atoms with Crippen LogP contribution < -0.4 is 0 Å². The van der Waals surface area contributed by atoms with Gasteiger partial charge in [-0.3, -0.25) is 0 Å². The molecule has 1 rings (SSSR count). The van der Waals surface area contributed by atoms with Gasteiger partial charge in [-0.1, -0.05) is 0 Å². The third-order valence-corrected chi connectivity index (χ3v) is 2.93. The van der Waals surface area contributed by atoms with E-state index in [0.29, 0.717) is 19.5 Å². The topological polar surface area (TPSA) is 70.1 Å².